The van der Waals surface area contributed by atoms with Crippen LogP contribution in [0.4, 0.5) is 5.95 Å². The molecule has 1 heterocycles. The summed E-state index contributed by atoms with van der Waals surface area (Å²) < 4.78 is 0. The lowest BCUT2D eigenvalue weighted by Gasteiger charge is -2.27. The van der Waals surface area contributed by atoms with Crippen molar-refractivity contribution in [3.05, 3.63) is 18.0 Å². The van der Waals surface area contributed by atoms with Gasteiger partial charge in [0.1, 0.15) is 0 Å². The average Bonchev–Trinajstić information content (AvgIpc) is 2.39. The van der Waals surface area contributed by atoms with E-state index in [0.717, 1.165) is 38.3 Å². The molecule has 0 amide bonds. The van der Waals surface area contributed by atoms with E-state index in [2.05, 4.69) is 49.5 Å². The average molecular weight is 277 g/mol. The van der Waals surface area contributed by atoms with Crippen molar-refractivity contribution >= 4 is 5.95 Å². The first-order chi connectivity index (χ1) is 9.46. The molecule has 0 aliphatic heterocycles. The molecular formula is C17H31N3. The van der Waals surface area contributed by atoms with Crippen molar-refractivity contribution in [2.45, 2.75) is 66.7 Å². The van der Waals surface area contributed by atoms with Crippen LogP contribution in [0.25, 0.3) is 0 Å². The Bertz CT molecular complexity index is 365. The number of unbranched alkanes of at least 4 members (excludes halogenated alkanes) is 1. The highest BCUT2D eigenvalue weighted by Gasteiger charge is 2.15. The SMILES string of the molecule is CCCCN(CCC(C)(C)C)c1ncc(CCC)cn1. The lowest BCUT2D eigenvalue weighted by molar-refractivity contribution is 0.377. The minimum absolute atomic E-state index is 0.354. The van der Waals surface area contributed by atoms with Gasteiger partial charge in [-0.05, 0) is 30.2 Å². The topological polar surface area (TPSA) is 29.0 Å². The van der Waals surface area contributed by atoms with Crippen LogP contribution in [0.3, 0.4) is 0 Å². The van der Waals surface area contributed by atoms with E-state index in [9.17, 15) is 0 Å². The Labute approximate surface area is 124 Å². The van der Waals surface area contributed by atoms with Gasteiger partial charge >= 0.3 is 0 Å². The summed E-state index contributed by atoms with van der Waals surface area (Å²) in [5.41, 5.74) is 1.59. The van der Waals surface area contributed by atoms with Crippen LogP contribution < -0.4 is 4.90 Å². The maximum absolute atomic E-state index is 4.57. The van der Waals surface area contributed by atoms with E-state index >= 15 is 0 Å². The summed E-state index contributed by atoms with van der Waals surface area (Å²) in [6, 6.07) is 0. The minimum Gasteiger partial charge on any atom is -0.341 e. The Morgan fingerprint density at radius 3 is 2.15 bits per heavy atom. The van der Waals surface area contributed by atoms with E-state index in [4.69, 9.17) is 0 Å². The van der Waals surface area contributed by atoms with Crippen molar-refractivity contribution in [3.63, 3.8) is 0 Å². The summed E-state index contributed by atoms with van der Waals surface area (Å²) in [4.78, 5) is 11.5. The molecule has 0 radical (unpaired) electrons. The first-order valence-corrected chi connectivity index (χ1v) is 8.02. The van der Waals surface area contributed by atoms with Gasteiger partial charge in [-0.3, -0.25) is 0 Å². The Hall–Kier alpha value is -1.12. The molecular weight excluding hydrogens is 246 g/mol. The zero-order valence-electron chi connectivity index (χ0n) is 13.9. The fraction of sp³-hybridized carbons (Fsp3) is 0.765. The standard InChI is InChI=1S/C17H31N3/c1-6-8-11-20(12-10-17(3,4)5)16-18-13-15(9-7-2)14-19-16/h13-14H,6-12H2,1-5H3. The van der Waals surface area contributed by atoms with E-state index in [1.54, 1.807) is 0 Å². The van der Waals surface area contributed by atoms with Gasteiger partial charge in [-0.25, -0.2) is 9.97 Å². The normalized spacial score (nSPS) is 11.7. The Morgan fingerprint density at radius 2 is 1.65 bits per heavy atom. The van der Waals surface area contributed by atoms with Gasteiger partial charge < -0.3 is 4.90 Å². The fourth-order valence-corrected chi connectivity index (χ4v) is 2.06. The molecule has 0 aromatic carbocycles. The van der Waals surface area contributed by atoms with Crippen molar-refractivity contribution in [2.75, 3.05) is 18.0 Å². The number of rotatable bonds is 8. The molecule has 0 saturated carbocycles. The molecule has 3 heteroatoms. The first-order valence-electron chi connectivity index (χ1n) is 8.02. The molecule has 0 aliphatic carbocycles. The Balaban J connectivity index is 2.70. The quantitative estimate of drug-likeness (QED) is 0.702. The minimum atomic E-state index is 0.354. The van der Waals surface area contributed by atoms with E-state index in [1.165, 1.54) is 18.4 Å². The van der Waals surface area contributed by atoms with Crippen molar-refractivity contribution in [2.24, 2.45) is 5.41 Å². The number of hydrogen-bond donors (Lipinski definition) is 0. The molecule has 0 fully saturated rings. The molecule has 114 valence electrons. The first kappa shape index (κ1) is 16.9. The summed E-state index contributed by atoms with van der Waals surface area (Å²) in [6.07, 6.45) is 9.76. The predicted octanol–water partition coefficient (Wildman–Crippen LogP) is 4.47. The molecule has 1 aromatic rings. The molecule has 0 unspecified atom stereocenters. The van der Waals surface area contributed by atoms with Crippen LogP contribution in [0.5, 0.6) is 0 Å². The van der Waals surface area contributed by atoms with Gasteiger partial charge in [0.15, 0.2) is 0 Å². The van der Waals surface area contributed by atoms with Gasteiger partial charge in [0.05, 0.1) is 0 Å². The number of anilines is 1. The monoisotopic (exact) mass is 277 g/mol. The summed E-state index contributed by atoms with van der Waals surface area (Å²) in [5.74, 6) is 0.891. The molecule has 1 aromatic heterocycles. The summed E-state index contributed by atoms with van der Waals surface area (Å²) in [7, 11) is 0. The maximum Gasteiger partial charge on any atom is 0.225 e. The van der Waals surface area contributed by atoms with Crippen LogP contribution in [-0.4, -0.2) is 23.1 Å². The van der Waals surface area contributed by atoms with Gasteiger partial charge in [0.2, 0.25) is 5.95 Å². The van der Waals surface area contributed by atoms with Gasteiger partial charge in [-0.1, -0.05) is 47.5 Å². The summed E-state index contributed by atoms with van der Waals surface area (Å²) >= 11 is 0. The highest BCUT2D eigenvalue weighted by Crippen LogP contribution is 2.20. The lowest BCUT2D eigenvalue weighted by Crippen LogP contribution is -2.30. The molecule has 3 nitrogen and oxygen atoms in total. The van der Waals surface area contributed by atoms with Gasteiger partial charge in [0, 0.05) is 25.5 Å². The van der Waals surface area contributed by atoms with Crippen LogP contribution in [0, 0.1) is 5.41 Å². The van der Waals surface area contributed by atoms with Crippen LogP contribution in [0.1, 0.15) is 65.9 Å². The fourth-order valence-electron chi connectivity index (χ4n) is 2.06. The predicted molar refractivity (Wildman–Crippen MR) is 87.2 cm³/mol. The largest absolute Gasteiger partial charge is 0.341 e. The molecule has 0 spiro atoms. The molecule has 0 aliphatic rings. The highest BCUT2D eigenvalue weighted by molar-refractivity contribution is 5.29. The van der Waals surface area contributed by atoms with Crippen LogP contribution in [0.15, 0.2) is 12.4 Å². The van der Waals surface area contributed by atoms with E-state index < -0.39 is 0 Å². The van der Waals surface area contributed by atoms with E-state index in [1.807, 2.05) is 12.4 Å². The van der Waals surface area contributed by atoms with Gasteiger partial charge in [0.25, 0.3) is 0 Å². The van der Waals surface area contributed by atoms with Crippen LogP contribution in [-0.2, 0) is 6.42 Å². The number of nitrogens with zero attached hydrogens (tertiary/aromatic N) is 3. The maximum atomic E-state index is 4.57. The van der Waals surface area contributed by atoms with Crippen LogP contribution >= 0.6 is 0 Å². The third-order valence-corrected chi connectivity index (χ3v) is 3.43. The zero-order chi connectivity index (χ0) is 15.0. The van der Waals surface area contributed by atoms with Crippen LogP contribution in [0.2, 0.25) is 0 Å². The van der Waals surface area contributed by atoms with E-state index in [0.29, 0.717) is 5.41 Å². The smallest absolute Gasteiger partial charge is 0.225 e. The van der Waals surface area contributed by atoms with Crippen molar-refractivity contribution < 1.29 is 0 Å². The second-order valence-corrected chi connectivity index (χ2v) is 6.79. The van der Waals surface area contributed by atoms with Crippen molar-refractivity contribution in [1.82, 2.24) is 9.97 Å². The van der Waals surface area contributed by atoms with Gasteiger partial charge in [-0.15, -0.1) is 0 Å². The van der Waals surface area contributed by atoms with E-state index in [-0.39, 0.29) is 0 Å². The zero-order valence-corrected chi connectivity index (χ0v) is 13.9. The molecule has 0 N–H and O–H groups in total. The second kappa shape index (κ2) is 8.23. The molecule has 0 saturated heterocycles. The van der Waals surface area contributed by atoms with Crippen molar-refractivity contribution in [1.29, 1.82) is 0 Å². The summed E-state index contributed by atoms with van der Waals surface area (Å²) in [5, 5.41) is 0. The number of hydrogen-bond acceptors (Lipinski definition) is 3. The van der Waals surface area contributed by atoms with Gasteiger partial charge in [-0.2, -0.15) is 0 Å². The molecule has 0 bridgehead atoms. The third-order valence-electron chi connectivity index (χ3n) is 3.43. The van der Waals surface area contributed by atoms with Crippen molar-refractivity contribution in [3.8, 4) is 0 Å². The number of aromatic nitrogens is 2. The second-order valence-electron chi connectivity index (χ2n) is 6.79. The Morgan fingerprint density at radius 1 is 1.00 bits per heavy atom. The lowest BCUT2D eigenvalue weighted by atomic mass is 9.92. The summed E-state index contributed by atoms with van der Waals surface area (Å²) in [6.45, 7) is 13.4. The molecule has 20 heavy (non-hydrogen) atoms. The number of aryl methyl sites for hydroxylation is 1. The molecule has 1 rings (SSSR count). The highest BCUT2D eigenvalue weighted by atomic mass is 15.2. The Kier molecular flexibility index (Phi) is 6.97. The molecule has 0 atom stereocenters. The third kappa shape index (κ3) is 6.36.